The summed E-state index contributed by atoms with van der Waals surface area (Å²) >= 11 is 0. The molecule has 0 saturated heterocycles. The maximum Gasteiger partial charge on any atom is 0.274 e. The van der Waals surface area contributed by atoms with Crippen LogP contribution in [0.4, 0.5) is 17.1 Å². The molecule has 11 heteroatoms. The van der Waals surface area contributed by atoms with Gasteiger partial charge in [0, 0.05) is 25.7 Å². The highest BCUT2D eigenvalue weighted by Crippen LogP contribution is 2.25. The molecule has 2 aromatic carbocycles. The third-order valence-corrected chi connectivity index (χ3v) is 5.41. The number of nitro benzene ring substituents is 1. The zero-order valence-corrected chi connectivity index (χ0v) is 17.8. The zero-order chi connectivity index (χ0) is 22.6. The largest absolute Gasteiger partial charge is 0.345 e. The smallest absolute Gasteiger partial charge is 0.274 e. The monoisotopic (exact) mass is 434 g/mol. The van der Waals surface area contributed by atoms with Crippen molar-refractivity contribution < 1.29 is 22.9 Å². The lowest BCUT2D eigenvalue weighted by atomic mass is 10.1. The van der Waals surface area contributed by atoms with Crippen LogP contribution in [0.2, 0.25) is 0 Å². The normalized spacial score (nSPS) is 10.9. The molecule has 10 nitrogen and oxygen atoms in total. The summed E-state index contributed by atoms with van der Waals surface area (Å²) in [5.74, 6) is -0.913. The first-order chi connectivity index (χ1) is 13.9. The molecule has 0 aromatic heterocycles. The maximum atomic E-state index is 12.5. The van der Waals surface area contributed by atoms with Crippen LogP contribution < -0.4 is 9.62 Å². The third kappa shape index (κ3) is 5.32. The molecule has 2 amide bonds. The standard InChI is InChI=1S/C19H22N4O6S/c1-13-16(6-5-7-17(13)23(26)27)20-18(24)12-22(30(4,28)29)15-10-8-14(9-11-15)19(25)21(2)3/h5-11H,12H2,1-4H3,(H,20,24). The molecule has 0 fully saturated rings. The lowest BCUT2D eigenvalue weighted by Gasteiger charge is -2.22. The summed E-state index contributed by atoms with van der Waals surface area (Å²) < 4.78 is 25.4. The lowest BCUT2D eigenvalue weighted by molar-refractivity contribution is -0.385. The Bertz CT molecular complexity index is 1080. The highest BCUT2D eigenvalue weighted by Gasteiger charge is 2.22. The van der Waals surface area contributed by atoms with Crippen LogP contribution in [0.1, 0.15) is 15.9 Å². The van der Waals surface area contributed by atoms with Crippen LogP contribution in [0, 0.1) is 17.0 Å². The van der Waals surface area contributed by atoms with E-state index in [4.69, 9.17) is 0 Å². The molecule has 0 saturated carbocycles. The predicted molar refractivity (Wildman–Crippen MR) is 113 cm³/mol. The summed E-state index contributed by atoms with van der Waals surface area (Å²) in [5, 5.41) is 13.6. The molecule has 0 heterocycles. The Balaban J connectivity index is 2.26. The minimum Gasteiger partial charge on any atom is -0.345 e. The van der Waals surface area contributed by atoms with Crippen molar-refractivity contribution in [3.8, 4) is 0 Å². The molecule has 0 aliphatic heterocycles. The number of hydrogen-bond donors (Lipinski definition) is 1. The van der Waals surface area contributed by atoms with Crippen molar-refractivity contribution in [2.24, 2.45) is 0 Å². The van der Waals surface area contributed by atoms with E-state index >= 15 is 0 Å². The Morgan fingerprint density at radius 3 is 2.20 bits per heavy atom. The Morgan fingerprint density at radius 1 is 1.10 bits per heavy atom. The summed E-state index contributed by atoms with van der Waals surface area (Å²) in [6.45, 7) is 0.949. The van der Waals surface area contributed by atoms with Gasteiger partial charge >= 0.3 is 0 Å². The van der Waals surface area contributed by atoms with Crippen LogP contribution in [0.5, 0.6) is 0 Å². The number of amides is 2. The van der Waals surface area contributed by atoms with Gasteiger partial charge in [-0.1, -0.05) is 6.07 Å². The molecule has 0 aliphatic rings. The average molecular weight is 434 g/mol. The number of sulfonamides is 1. The van der Waals surface area contributed by atoms with Crippen molar-refractivity contribution in [2.45, 2.75) is 6.92 Å². The molecule has 0 atom stereocenters. The van der Waals surface area contributed by atoms with Gasteiger partial charge in [0.15, 0.2) is 0 Å². The molecule has 0 unspecified atom stereocenters. The second-order valence-corrected chi connectivity index (χ2v) is 8.68. The Kier molecular flexibility index (Phi) is 6.77. The molecule has 0 spiro atoms. The van der Waals surface area contributed by atoms with E-state index in [1.807, 2.05) is 0 Å². The van der Waals surface area contributed by atoms with Gasteiger partial charge in [-0.15, -0.1) is 0 Å². The number of hydrogen-bond acceptors (Lipinski definition) is 6. The number of nitro groups is 1. The van der Waals surface area contributed by atoms with Crippen LogP contribution in [-0.2, 0) is 14.8 Å². The Labute approximate surface area is 174 Å². The molecular weight excluding hydrogens is 412 g/mol. The number of carbonyl (C=O) groups is 2. The summed E-state index contributed by atoms with van der Waals surface area (Å²) in [6, 6.07) is 10.0. The fourth-order valence-corrected chi connectivity index (χ4v) is 3.56. The van der Waals surface area contributed by atoms with E-state index in [0.29, 0.717) is 5.56 Å². The molecule has 160 valence electrons. The summed E-state index contributed by atoms with van der Waals surface area (Å²) in [6.07, 6.45) is 0.956. The van der Waals surface area contributed by atoms with E-state index < -0.39 is 27.4 Å². The fraction of sp³-hybridized carbons (Fsp3) is 0.263. The van der Waals surface area contributed by atoms with Crippen molar-refractivity contribution in [3.63, 3.8) is 0 Å². The highest BCUT2D eigenvalue weighted by molar-refractivity contribution is 7.92. The second kappa shape index (κ2) is 8.91. The molecule has 1 N–H and O–H groups in total. The lowest BCUT2D eigenvalue weighted by Crippen LogP contribution is -2.37. The summed E-state index contributed by atoms with van der Waals surface area (Å²) in [5.41, 5.74) is 0.893. The molecule has 0 bridgehead atoms. The Hall–Kier alpha value is -3.47. The van der Waals surface area contributed by atoms with Crippen molar-refractivity contribution in [1.82, 2.24) is 4.90 Å². The molecule has 2 aromatic rings. The average Bonchev–Trinajstić information content (AvgIpc) is 2.66. The van der Waals surface area contributed by atoms with E-state index in [2.05, 4.69) is 5.32 Å². The van der Waals surface area contributed by atoms with Crippen LogP contribution in [0.3, 0.4) is 0 Å². The second-order valence-electron chi connectivity index (χ2n) is 6.77. The number of anilines is 2. The zero-order valence-electron chi connectivity index (χ0n) is 16.9. The van der Waals surface area contributed by atoms with Gasteiger partial charge in [-0.05, 0) is 37.3 Å². The Morgan fingerprint density at radius 2 is 1.70 bits per heavy atom. The minimum absolute atomic E-state index is 0.158. The van der Waals surface area contributed by atoms with Crippen molar-refractivity contribution in [1.29, 1.82) is 0 Å². The van der Waals surface area contributed by atoms with Crippen molar-refractivity contribution in [2.75, 3.05) is 36.5 Å². The van der Waals surface area contributed by atoms with Gasteiger partial charge in [0.25, 0.3) is 11.6 Å². The minimum atomic E-state index is -3.82. The van der Waals surface area contributed by atoms with Crippen LogP contribution in [0.15, 0.2) is 42.5 Å². The maximum absolute atomic E-state index is 12.5. The highest BCUT2D eigenvalue weighted by atomic mass is 32.2. The van der Waals surface area contributed by atoms with Crippen molar-refractivity contribution >= 4 is 38.9 Å². The van der Waals surface area contributed by atoms with Gasteiger partial charge in [0.2, 0.25) is 15.9 Å². The molecular formula is C19H22N4O6S. The number of nitrogens with zero attached hydrogens (tertiary/aromatic N) is 3. The van der Waals surface area contributed by atoms with Crippen LogP contribution in [-0.4, -0.2) is 57.0 Å². The molecule has 0 radical (unpaired) electrons. The van der Waals surface area contributed by atoms with E-state index in [9.17, 15) is 28.1 Å². The SMILES string of the molecule is Cc1c(NC(=O)CN(c2ccc(C(=O)N(C)C)cc2)S(C)(=O)=O)cccc1[N+](=O)[O-]. The fourth-order valence-electron chi connectivity index (χ4n) is 2.71. The van der Waals surface area contributed by atoms with E-state index in [1.54, 1.807) is 14.1 Å². The number of nitrogens with one attached hydrogen (secondary N) is 1. The molecule has 30 heavy (non-hydrogen) atoms. The quantitative estimate of drug-likeness (QED) is 0.524. The summed E-state index contributed by atoms with van der Waals surface area (Å²) in [4.78, 5) is 36.4. The topological polar surface area (TPSA) is 130 Å². The van der Waals surface area contributed by atoms with Gasteiger partial charge in [-0.2, -0.15) is 0 Å². The van der Waals surface area contributed by atoms with E-state index in [-0.39, 0.29) is 28.5 Å². The first-order valence-corrected chi connectivity index (χ1v) is 10.6. The third-order valence-electron chi connectivity index (χ3n) is 4.27. The van der Waals surface area contributed by atoms with Gasteiger partial charge < -0.3 is 10.2 Å². The predicted octanol–water partition coefficient (Wildman–Crippen LogP) is 2.01. The summed E-state index contributed by atoms with van der Waals surface area (Å²) in [7, 11) is -0.624. The number of rotatable bonds is 7. The number of benzene rings is 2. The molecule has 2 rings (SSSR count). The van der Waals surface area contributed by atoms with Gasteiger partial charge in [0.1, 0.15) is 6.54 Å². The van der Waals surface area contributed by atoms with Gasteiger partial charge in [-0.25, -0.2) is 8.42 Å². The first kappa shape index (κ1) is 22.8. The van der Waals surface area contributed by atoms with E-state index in [0.717, 1.165) is 10.6 Å². The first-order valence-electron chi connectivity index (χ1n) is 8.75. The number of carbonyl (C=O) groups excluding carboxylic acids is 2. The van der Waals surface area contributed by atoms with Crippen LogP contribution in [0.25, 0.3) is 0 Å². The van der Waals surface area contributed by atoms with Gasteiger partial charge in [0.05, 0.1) is 28.1 Å². The molecule has 0 aliphatic carbocycles. The van der Waals surface area contributed by atoms with Crippen molar-refractivity contribution in [3.05, 3.63) is 63.7 Å². The van der Waals surface area contributed by atoms with Gasteiger partial charge in [-0.3, -0.25) is 24.0 Å². The van der Waals surface area contributed by atoms with Crippen LogP contribution >= 0.6 is 0 Å². The van der Waals surface area contributed by atoms with E-state index in [1.165, 1.54) is 54.3 Å².